The zero-order valence-corrected chi connectivity index (χ0v) is 13.6. The molecule has 0 amide bonds. The zero-order chi connectivity index (χ0) is 16.5. The van der Waals surface area contributed by atoms with Gasteiger partial charge in [0.05, 0.1) is 25.5 Å². The Morgan fingerprint density at radius 1 is 1.39 bits per heavy atom. The van der Waals surface area contributed by atoms with Crippen LogP contribution in [0.5, 0.6) is 0 Å². The number of halogens is 1. The largest absolute Gasteiger partial charge is 0.466 e. The minimum Gasteiger partial charge on any atom is -0.466 e. The molecule has 1 aliphatic heterocycles. The van der Waals surface area contributed by atoms with Crippen molar-refractivity contribution in [3.63, 3.8) is 0 Å². The van der Waals surface area contributed by atoms with Crippen LogP contribution in [0, 0.1) is 5.82 Å². The third-order valence-electron chi connectivity index (χ3n) is 3.67. The Morgan fingerprint density at radius 2 is 2.17 bits per heavy atom. The van der Waals surface area contributed by atoms with Gasteiger partial charge in [-0.25, -0.2) is 4.39 Å². The van der Waals surface area contributed by atoms with Gasteiger partial charge in [-0.15, -0.1) is 0 Å². The molecule has 23 heavy (non-hydrogen) atoms. The first-order chi connectivity index (χ1) is 11.2. The quantitative estimate of drug-likeness (QED) is 0.589. The number of hydrogen-bond donors (Lipinski definition) is 1. The van der Waals surface area contributed by atoms with Crippen molar-refractivity contribution in [2.45, 2.75) is 26.2 Å². The smallest absolute Gasteiger partial charge is 0.305 e. The van der Waals surface area contributed by atoms with Crippen molar-refractivity contribution in [2.75, 3.05) is 49.7 Å². The van der Waals surface area contributed by atoms with Gasteiger partial charge in [0.25, 0.3) is 0 Å². The number of rotatable bonds is 8. The summed E-state index contributed by atoms with van der Waals surface area (Å²) >= 11 is 0. The highest BCUT2D eigenvalue weighted by atomic mass is 19.1. The number of carbonyl (C=O) groups excluding carboxylic acids is 1. The Morgan fingerprint density at radius 3 is 2.87 bits per heavy atom. The van der Waals surface area contributed by atoms with Crippen LogP contribution in [-0.4, -0.2) is 45.4 Å². The fourth-order valence-corrected chi connectivity index (χ4v) is 2.44. The molecule has 1 aromatic rings. The molecule has 5 nitrogen and oxygen atoms in total. The van der Waals surface area contributed by atoms with Crippen molar-refractivity contribution in [2.24, 2.45) is 0 Å². The van der Waals surface area contributed by atoms with Gasteiger partial charge in [0.1, 0.15) is 5.82 Å². The first-order valence-electron chi connectivity index (χ1n) is 8.22. The molecule has 0 aromatic heterocycles. The van der Waals surface area contributed by atoms with Crippen molar-refractivity contribution < 1.29 is 18.7 Å². The Balaban J connectivity index is 1.74. The highest BCUT2D eigenvalue weighted by molar-refractivity contribution is 5.69. The standard InChI is InChI=1S/C17H25FN2O3/c1-2-4-17(21)23-10-3-7-19-14-5-6-16(15(18)13-14)20-8-11-22-12-9-20/h5-6,13,19H,2-4,7-12H2,1H3. The molecule has 128 valence electrons. The van der Waals surface area contributed by atoms with E-state index in [-0.39, 0.29) is 11.8 Å². The van der Waals surface area contributed by atoms with Gasteiger partial charge in [-0.3, -0.25) is 4.79 Å². The molecule has 1 fully saturated rings. The summed E-state index contributed by atoms with van der Waals surface area (Å²) < 4.78 is 24.6. The molecule has 1 N–H and O–H groups in total. The van der Waals surface area contributed by atoms with E-state index in [1.54, 1.807) is 6.07 Å². The maximum absolute atomic E-state index is 14.2. The number of benzene rings is 1. The average Bonchev–Trinajstić information content (AvgIpc) is 2.56. The number of nitrogens with one attached hydrogen (secondary N) is 1. The third-order valence-corrected chi connectivity index (χ3v) is 3.67. The highest BCUT2D eigenvalue weighted by Gasteiger charge is 2.15. The predicted octanol–water partition coefficient (Wildman–Crippen LogP) is 2.81. The Bertz CT molecular complexity index is 505. The van der Waals surface area contributed by atoms with E-state index in [9.17, 15) is 9.18 Å². The number of morpholine rings is 1. The van der Waals surface area contributed by atoms with Crippen LogP contribution in [0.25, 0.3) is 0 Å². The SMILES string of the molecule is CCCC(=O)OCCCNc1ccc(N2CCOCC2)c(F)c1. The van der Waals surface area contributed by atoms with Crippen LogP contribution in [0.4, 0.5) is 15.8 Å². The average molecular weight is 324 g/mol. The molecule has 0 atom stereocenters. The van der Waals surface area contributed by atoms with E-state index in [2.05, 4.69) is 5.32 Å². The second-order valence-corrected chi connectivity index (χ2v) is 5.52. The van der Waals surface area contributed by atoms with Crippen LogP contribution in [0.2, 0.25) is 0 Å². The number of carbonyl (C=O) groups is 1. The normalized spacial score (nSPS) is 14.6. The first-order valence-corrected chi connectivity index (χ1v) is 8.22. The van der Waals surface area contributed by atoms with E-state index < -0.39 is 0 Å². The fraction of sp³-hybridized carbons (Fsp3) is 0.588. The molecule has 2 rings (SSSR count). The summed E-state index contributed by atoms with van der Waals surface area (Å²) in [5, 5.41) is 3.15. The number of ether oxygens (including phenoxy) is 2. The summed E-state index contributed by atoms with van der Waals surface area (Å²) in [7, 11) is 0. The van der Waals surface area contributed by atoms with Crippen LogP contribution in [0.3, 0.4) is 0 Å². The molecule has 0 spiro atoms. The van der Waals surface area contributed by atoms with Crippen molar-refractivity contribution in [3.8, 4) is 0 Å². The first kappa shape index (κ1) is 17.5. The van der Waals surface area contributed by atoms with Gasteiger partial charge >= 0.3 is 5.97 Å². The zero-order valence-electron chi connectivity index (χ0n) is 13.6. The lowest BCUT2D eigenvalue weighted by Crippen LogP contribution is -2.36. The second kappa shape index (κ2) is 9.35. The molecule has 0 unspecified atom stereocenters. The molecular formula is C17H25FN2O3. The number of anilines is 2. The summed E-state index contributed by atoms with van der Waals surface area (Å²) in [5.41, 5.74) is 1.35. The highest BCUT2D eigenvalue weighted by Crippen LogP contribution is 2.23. The maximum atomic E-state index is 14.2. The molecule has 1 aromatic carbocycles. The minimum absolute atomic E-state index is 0.159. The molecule has 0 saturated carbocycles. The Labute approximate surface area is 136 Å². The lowest BCUT2D eigenvalue weighted by atomic mass is 10.2. The van der Waals surface area contributed by atoms with E-state index in [0.717, 1.165) is 12.1 Å². The van der Waals surface area contributed by atoms with Crippen molar-refractivity contribution in [3.05, 3.63) is 24.0 Å². The summed E-state index contributed by atoms with van der Waals surface area (Å²) in [6.45, 7) is 5.67. The van der Waals surface area contributed by atoms with E-state index >= 15 is 0 Å². The van der Waals surface area contributed by atoms with Gasteiger partial charge in [0.15, 0.2) is 0 Å². The maximum Gasteiger partial charge on any atom is 0.305 e. The van der Waals surface area contributed by atoms with Crippen LogP contribution < -0.4 is 10.2 Å². The summed E-state index contributed by atoms with van der Waals surface area (Å²) in [6, 6.07) is 5.18. The lowest BCUT2D eigenvalue weighted by molar-refractivity contribution is -0.143. The van der Waals surface area contributed by atoms with Gasteiger partial charge in [0.2, 0.25) is 0 Å². The van der Waals surface area contributed by atoms with Gasteiger partial charge in [-0.1, -0.05) is 6.92 Å². The molecule has 0 bridgehead atoms. The van der Waals surface area contributed by atoms with Gasteiger partial charge in [0, 0.05) is 31.7 Å². The van der Waals surface area contributed by atoms with Crippen LogP contribution >= 0.6 is 0 Å². The molecular weight excluding hydrogens is 299 g/mol. The van der Waals surface area contributed by atoms with Gasteiger partial charge in [-0.2, -0.15) is 0 Å². The fourth-order valence-electron chi connectivity index (χ4n) is 2.44. The van der Waals surface area contributed by atoms with Crippen molar-refractivity contribution in [1.29, 1.82) is 0 Å². The van der Waals surface area contributed by atoms with E-state index in [4.69, 9.17) is 9.47 Å². The topological polar surface area (TPSA) is 50.8 Å². The van der Waals surface area contributed by atoms with Gasteiger partial charge < -0.3 is 19.7 Å². The predicted molar refractivity (Wildman–Crippen MR) is 88.4 cm³/mol. The summed E-state index contributed by atoms with van der Waals surface area (Å²) in [4.78, 5) is 13.2. The molecule has 1 aliphatic rings. The van der Waals surface area contributed by atoms with E-state index in [1.807, 2.05) is 17.9 Å². The lowest BCUT2D eigenvalue weighted by Gasteiger charge is -2.29. The van der Waals surface area contributed by atoms with Crippen LogP contribution in [0.15, 0.2) is 18.2 Å². The van der Waals surface area contributed by atoms with E-state index in [1.165, 1.54) is 6.07 Å². The minimum atomic E-state index is -0.230. The van der Waals surface area contributed by atoms with Gasteiger partial charge in [-0.05, 0) is 31.0 Å². The number of nitrogens with zero attached hydrogens (tertiary/aromatic N) is 1. The molecule has 0 aliphatic carbocycles. The Kier molecular flexibility index (Phi) is 7.13. The van der Waals surface area contributed by atoms with E-state index in [0.29, 0.717) is 58.0 Å². The molecule has 0 radical (unpaired) electrons. The molecule has 6 heteroatoms. The molecule has 1 heterocycles. The number of esters is 1. The number of hydrogen-bond acceptors (Lipinski definition) is 5. The second-order valence-electron chi connectivity index (χ2n) is 5.52. The van der Waals surface area contributed by atoms with Crippen molar-refractivity contribution in [1.82, 2.24) is 0 Å². The summed E-state index contributed by atoms with van der Waals surface area (Å²) in [5.74, 6) is -0.389. The molecule has 1 saturated heterocycles. The Hall–Kier alpha value is -1.82. The van der Waals surface area contributed by atoms with Crippen molar-refractivity contribution >= 4 is 17.3 Å². The third kappa shape index (κ3) is 5.71. The van der Waals surface area contributed by atoms with Crippen LogP contribution in [-0.2, 0) is 14.3 Å². The summed E-state index contributed by atoms with van der Waals surface area (Å²) in [6.07, 6.45) is 1.95. The monoisotopic (exact) mass is 324 g/mol. The van der Waals surface area contributed by atoms with Crippen LogP contribution in [0.1, 0.15) is 26.2 Å².